The van der Waals surface area contributed by atoms with E-state index < -0.39 is 11.9 Å². The monoisotopic (exact) mass is 330 g/mol. The number of rotatable bonds is 4. The van der Waals surface area contributed by atoms with Crippen LogP contribution in [0.15, 0.2) is 30.3 Å². The number of hydrogen-bond donors (Lipinski definition) is 1. The van der Waals surface area contributed by atoms with Crippen molar-refractivity contribution in [1.29, 1.82) is 0 Å². The summed E-state index contributed by atoms with van der Waals surface area (Å²) in [5.41, 5.74) is 0.488. The number of methoxy groups -OCH3 is 2. The standard InChI is InChI=1S/C15H13Cl2FO3/c1-20-13-6-9(12(18)7-14(13)21-2)15(19)8-3-4-10(16)11(17)5-8/h3-7,15,19H,1-2H3. The Labute approximate surface area is 131 Å². The smallest absolute Gasteiger partial charge is 0.163 e. The molecule has 2 aromatic rings. The molecular formula is C15H13Cl2FO3. The minimum Gasteiger partial charge on any atom is -0.493 e. The van der Waals surface area contributed by atoms with Gasteiger partial charge in [0.25, 0.3) is 0 Å². The summed E-state index contributed by atoms with van der Waals surface area (Å²) in [5, 5.41) is 11.0. The minimum atomic E-state index is -1.19. The van der Waals surface area contributed by atoms with Gasteiger partial charge in [-0.05, 0) is 23.8 Å². The third kappa shape index (κ3) is 3.23. The highest BCUT2D eigenvalue weighted by Crippen LogP contribution is 2.35. The van der Waals surface area contributed by atoms with Crippen molar-refractivity contribution < 1.29 is 19.0 Å². The number of hydrogen-bond acceptors (Lipinski definition) is 3. The Balaban J connectivity index is 2.47. The van der Waals surface area contributed by atoms with E-state index >= 15 is 0 Å². The topological polar surface area (TPSA) is 38.7 Å². The predicted octanol–water partition coefficient (Wildman–Crippen LogP) is 4.23. The van der Waals surface area contributed by atoms with Crippen molar-refractivity contribution in [1.82, 2.24) is 0 Å². The van der Waals surface area contributed by atoms with Crippen LogP contribution in [0.1, 0.15) is 17.2 Å². The van der Waals surface area contributed by atoms with Crippen molar-refractivity contribution in [3.8, 4) is 11.5 Å². The lowest BCUT2D eigenvalue weighted by Gasteiger charge is -2.16. The Kier molecular flexibility index (Phi) is 4.93. The lowest BCUT2D eigenvalue weighted by molar-refractivity contribution is 0.214. The van der Waals surface area contributed by atoms with Crippen LogP contribution >= 0.6 is 23.2 Å². The highest BCUT2D eigenvalue weighted by molar-refractivity contribution is 6.42. The van der Waals surface area contributed by atoms with E-state index in [4.69, 9.17) is 32.7 Å². The molecule has 0 aromatic heterocycles. The fourth-order valence-corrected chi connectivity index (χ4v) is 2.25. The zero-order valence-corrected chi connectivity index (χ0v) is 12.9. The predicted molar refractivity (Wildman–Crippen MR) is 80.0 cm³/mol. The zero-order chi connectivity index (χ0) is 15.6. The Morgan fingerprint density at radius 1 is 1.00 bits per heavy atom. The van der Waals surface area contributed by atoms with Crippen LogP contribution in [-0.4, -0.2) is 19.3 Å². The summed E-state index contributed by atoms with van der Waals surface area (Å²) in [4.78, 5) is 0. The summed E-state index contributed by atoms with van der Waals surface area (Å²) < 4.78 is 24.2. The summed E-state index contributed by atoms with van der Waals surface area (Å²) in [7, 11) is 2.84. The van der Waals surface area contributed by atoms with Gasteiger partial charge in [0.1, 0.15) is 11.9 Å². The molecule has 2 rings (SSSR count). The average molecular weight is 331 g/mol. The quantitative estimate of drug-likeness (QED) is 0.911. The molecule has 2 aromatic carbocycles. The van der Waals surface area contributed by atoms with Crippen molar-refractivity contribution in [2.45, 2.75) is 6.10 Å². The van der Waals surface area contributed by atoms with Gasteiger partial charge in [-0.2, -0.15) is 0 Å². The van der Waals surface area contributed by atoms with Gasteiger partial charge in [0, 0.05) is 11.6 Å². The molecule has 0 bridgehead atoms. The van der Waals surface area contributed by atoms with Crippen LogP contribution < -0.4 is 9.47 Å². The van der Waals surface area contributed by atoms with E-state index in [0.29, 0.717) is 16.3 Å². The van der Waals surface area contributed by atoms with Gasteiger partial charge in [-0.3, -0.25) is 0 Å². The largest absolute Gasteiger partial charge is 0.493 e. The third-order valence-corrected chi connectivity index (χ3v) is 3.80. The number of ether oxygens (including phenoxy) is 2. The van der Waals surface area contributed by atoms with Gasteiger partial charge in [0.05, 0.1) is 24.3 Å². The van der Waals surface area contributed by atoms with Gasteiger partial charge in [0.2, 0.25) is 0 Å². The number of halogens is 3. The van der Waals surface area contributed by atoms with Crippen LogP contribution in [-0.2, 0) is 0 Å². The van der Waals surface area contributed by atoms with Gasteiger partial charge < -0.3 is 14.6 Å². The molecule has 0 radical (unpaired) electrons. The second-order valence-electron chi connectivity index (χ2n) is 4.30. The van der Waals surface area contributed by atoms with Gasteiger partial charge in [-0.25, -0.2) is 4.39 Å². The molecular weight excluding hydrogens is 318 g/mol. The number of aliphatic hydroxyl groups is 1. The summed E-state index contributed by atoms with van der Waals surface area (Å²) in [6.07, 6.45) is -1.19. The van der Waals surface area contributed by atoms with Crippen LogP contribution in [0, 0.1) is 5.82 Å². The van der Waals surface area contributed by atoms with Gasteiger partial charge in [0.15, 0.2) is 11.5 Å². The molecule has 1 N–H and O–H groups in total. The first-order valence-corrected chi connectivity index (χ1v) is 6.78. The van der Waals surface area contributed by atoms with Crippen molar-refractivity contribution in [3.05, 3.63) is 57.3 Å². The highest BCUT2D eigenvalue weighted by Gasteiger charge is 2.19. The maximum Gasteiger partial charge on any atom is 0.163 e. The maximum absolute atomic E-state index is 14.1. The molecule has 0 saturated carbocycles. The van der Waals surface area contributed by atoms with Crippen LogP contribution in [0.4, 0.5) is 4.39 Å². The number of aliphatic hydroxyl groups excluding tert-OH is 1. The van der Waals surface area contributed by atoms with Gasteiger partial charge >= 0.3 is 0 Å². The van der Waals surface area contributed by atoms with E-state index in [1.165, 1.54) is 26.4 Å². The molecule has 0 heterocycles. The van der Waals surface area contributed by atoms with Crippen molar-refractivity contribution >= 4 is 23.2 Å². The molecule has 0 spiro atoms. The zero-order valence-electron chi connectivity index (χ0n) is 11.4. The molecule has 0 aliphatic carbocycles. The molecule has 0 fully saturated rings. The van der Waals surface area contributed by atoms with E-state index in [2.05, 4.69) is 0 Å². The lowest BCUT2D eigenvalue weighted by Crippen LogP contribution is -2.04. The lowest BCUT2D eigenvalue weighted by atomic mass is 10.0. The highest BCUT2D eigenvalue weighted by atomic mass is 35.5. The van der Waals surface area contributed by atoms with E-state index in [-0.39, 0.29) is 16.3 Å². The maximum atomic E-state index is 14.1. The molecule has 0 amide bonds. The molecule has 0 saturated heterocycles. The normalized spacial score (nSPS) is 12.1. The van der Waals surface area contributed by atoms with Crippen LogP contribution in [0.5, 0.6) is 11.5 Å². The second-order valence-corrected chi connectivity index (χ2v) is 5.12. The fourth-order valence-electron chi connectivity index (χ4n) is 1.94. The molecule has 1 unspecified atom stereocenters. The SMILES string of the molecule is COc1cc(F)c(C(O)c2ccc(Cl)c(Cl)c2)cc1OC. The summed E-state index contributed by atoms with van der Waals surface area (Å²) in [5.74, 6) is -0.0284. The Hall–Kier alpha value is -1.49. The Bertz CT molecular complexity index is 662. The molecule has 0 aliphatic heterocycles. The van der Waals surface area contributed by atoms with Crippen molar-refractivity contribution in [2.24, 2.45) is 0 Å². The third-order valence-electron chi connectivity index (χ3n) is 3.06. The summed E-state index contributed by atoms with van der Waals surface area (Å²) in [6.45, 7) is 0. The van der Waals surface area contributed by atoms with E-state index in [0.717, 1.165) is 6.07 Å². The van der Waals surface area contributed by atoms with E-state index in [1.54, 1.807) is 12.1 Å². The number of benzene rings is 2. The summed E-state index contributed by atoms with van der Waals surface area (Å²) in [6, 6.07) is 7.16. The first-order chi connectivity index (χ1) is 9.97. The van der Waals surface area contributed by atoms with Crippen molar-refractivity contribution in [3.63, 3.8) is 0 Å². The van der Waals surface area contributed by atoms with Crippen molar-refractivity contribution in [2.75, 3.05) is 14.2 Å². The molecule has 112 valence electrons. The summed E-state index contributed by atoms with van der Waals surface area (Å²) >= 11 is 11.7. The Morgan fingerprint density at radius 3 is 2.19 bits per heavy atom. The first kappa shape index (κ1) is 15.9. The van der Waals surface area contributed by atoms with Crippen LogP contribution in [0.3, 0.4) is 0 Å². The van der Waals surface area contributed by atoms with Crippen LogP contribution in [0.25, 0.3) is 0 Å². The second kappa shape index (κ2) is 6.52. The molecule has 0 aliphatic rings. The van der Waals surface area contributed by atoms with Gasteiger partial charge in [-0.1, -0.05) is 29.3 Å². The fraction of sp³-hybridized carbons (Fsp3) is 0.200. The first-order valence-electron chi connectivity index (χ1n) is 6.02. The minimum absolute atomic E-state index is 0.0611. The van der Waals surface area contributed by atoms with Crippen LogP contribution in [0.2, 0.25) is 10.0 Å². The molecule has 1 atom stereocenters. The van der Waals surface area contributed by atoms with E-state index in [9.17, 15) is 9.50 Å². The molecule has 21 heavy (non-hydrogen) atoms. The van der Waals surface area contributed by atoms with E-state index in [1.807, 2.05) is 0 Å². The molecule has 3 nitrogen and oxygen atoms in total. The average Bonchev–Trinajstić information content (AvgIpc) is 2.49. The molecule has 6 heteroatoms. The Morgan fingerprint density at radius 2 is 1.62 bits per heavy atom. The van der Waals surface area contributed by atoms with Gasteiger partial charge in [-0.15, -0.1) is 0 Å².